The highest BCUT2D eigenvalue weighted by molar-refractivity contribution is 7.80. The Kier molecular flexibility index (Phi) is 4.61. The van der Waals surface area contributed by atoms with Gasteiger partial charge in [0, 0.05) is 4.86 Å². The zero-order valence-corrected chi connectivity index (χ0v) is 15.7. The van der Waals surface area contributed by atoms with E-state index in [4.69, 9.17) is 21.9 Å². The lowest BCUT2D eigenvalue weighted by Gasteiger charge is -2.40. The molecular formula is C20H25FN2OS. The number of allylic oxidation sites excluding steroid dienone is 4. The van der Waals surface area contributed by atoms with Crippen LogP contribution in [0.15, 0.2) is 33.0 Å². The predicted octanol–water partition coefficient (Wildman–Crippen LogP) is 4.97. The van der Waals surface area contributed by atoms with Gasteiger partial charge in [-0.1, -0.05) is 18.3 Å². The summed E-state index contributed by atoms with van der Waals surface area (Å²) in [4.78, 5) is 10.6. The van der Waals surface area contributed by atoms with Gasteiger partial charge in [0.2, 0.25) is 5.90 Å². The number of nitrogens with zero attached hydrogens (tertiary/aromatic N) is 2. The van der Waals surface area contributed by atoms with E-state index >= 15 is 0 Å². The molecule has 4 atom stereocenters. The lowest BCUT2D eigenvalue weighted by molar-refractivity contribution is 0.208. The molecule has 0 aromatic rings. The summed E-state index contributed by atoms with van der Waals surface area (Å²) in [5.74, 6) is 2.13. The smallest absolute Gasteiger partial charge is 0.232 e. The van der Waals surface area contributed by atoms with Crippen LogP contribution < -0.4 is 0 Å². The molecule has 5 heteroatoms. The number of halogens is 1. The Balaban J connectivity index is 1.63. The van der Waals surface area contributed by atoms with Crippen LogP contribution in [-0.4, -0.2) is 29.2 Å². The van der Waals surface area contributed by atoms with Gasteiger partial charge in [-0.25, -0.2) is 14.4 Å². The SMILES string of the molecule is CC1=CCC(C2CC3=NCOC3=NC2C2CCC(F)=C(C)C2)CC1=S. The molecule has 0 aromatic carbocycles. The van der Waals surface area contributed by atoms with Crippen LogP contribution in [0.5, 0.6) is 0 Å². The number of aliphatic imine (C=N–C) groups is 2. The summed E-state index contributed by atoms with van der Waals surface area (Å²) in [6.07, 6.45) is 7.46. The van der Waals surface area contributed by atoms with Gasteiger partial charge >= 0.3 is 0 Å². The van der Waals surface area contributed by atoms with Crippen molar-refractivity contribution in [2.75, 3.05) is 6.73 Å². The molecule has 0 fully saturated rings. The van der Waals surface area contributed by atoms with Gasteiger partial charge in [-0.2, -0.15) is 0 Å². The first-order valence-electron chi connectivity index (χ1n) is 9.31. The average Bonchev–Trinajstić information content (AvgIpc) is 3.06. The summed E-state index contributed by atoms with van der Waals surface area (Å²) < 4.78 is 19.5. The van der Waals surface area contributed by atoms with E-state index in [9.17, 15) is 4.39 Å². The fourth-order valence-corrected chi connectivity index (χ4v) is 5.03. The quantitative estimate of drug-likeness (QED) is 0.651. The van der Waals surface area contributed by atoms with Crippen LogP contribution in [0.4, 0.5) is 4.39 Å². The van der Waals surface area contributed by atoms with Crippen molar-refractivity contribution < 1.29 is 9.13 Å². The van der Waals surface area contributed by atoms with Gasteiger partial charge in [-0.05, 0) is 81.3 Å². The highest BCUT2D eigenvalue weighted by atomic mass is 32.1. The number of rotatable bonds is 2. The number of fused-ring (bicyclic) bond motifs is 1. The molecule has 25 heavy (non-hydrogen) atoms. The summed E-state index contributed by atoms with van der Waals surface area (Å²) in [7, 11) is 0. The average molecular weight is 360 g/mol. The standard InChI is InChI=1S/C20H25FN2OS/c1-11-3-4-13(8-18(11)25)15-9-17-20(24-10-22-17)23-19(15)14-5-6-16(21)12(2)7-14/h3,13-15,19H,4-10H2,1-2H3. The molecule has 4 rings (SSSR count). The van der Waals surface area contributed by atoms with Crippen molar-refractivity contribution in [2.24, 2.45) is 27.7 Å². The molecule has 2 heterocycles. The van der Waals surface area contributed by atoms with Crippen LogP contribution in [0.3, 0.4) is 0 Å². The third kappa shape index (κ3) is 3.23. The molecule has 2 aliphatic heterocycles. The molecule has 0 saturated carbocycles. The largest absolute Gasteiger partial charge is 0.453 e. The first-order valence-corrected chi connectivity index (χ1v) is 9.72. The van der Waals surface area contributed by atoms with Crippen LogP contribution in [-0.2, 0) is 4.74 Å². The Morgan fingerprint density at radius 2 is 2.04 bits per heavy atom. The van der Waals surface area contributed by atoms with E-state index in [0.29, 0.717) is 30.9 Å². The second-order valence-corrected chi connectivity index (χ2v) is 8.36. The Labute approximate surface area is 154 Å². The van der Waals surface area contributed by atoms with Crippen molar-refractivity contribution in [3.63, 3.8) is 0 Å². The highest BCUT2D eigenvalue weighted by Crippen LogP contribution is 2.43. The maximum atomic E-state index is 13.9. The number of hydrogen-bond donors (Lipinski definition) is 0. The molecule has 3 nitrogen and oxygen atoms in total. The maximum absolute atomic E-state index is 13.9. The zero-order chi connectivity index (χ0) is 17.6. The van der Waals surface area contributed by atoms with Crippen molar-refractivity contribution in [3.05, 3.63) is 23.0 Å². The third-order valence-corrected chi connectivity index (χ3v) is 6.79. The fourth-order valence-electron chi connectivity index (χ4n) is 4.74. The Morgan fingerprint density at radius 3 is 2.80 bits per heavy atom. The van der Waals surface area contributed by atoms with Gasteiger partial charge < -0.3 is 4.74 Å². The summed E-state index contributed by atoms with van der Waals surface area (Å²) in [5.41, 5.74) is 3.17. The molecule has 0 saturated heterocycles. The topological polar surface area (TPSA) is 34.0 Å². The van der Waals surface area contributed by atoms with Gasteiger partial charge in [0.1, 0.15) is 5.71 Å². The van der Waals surface area contributed by atoms with E-state index in [1.807, 2.05) is 6.92 Å². The second-order valence-electron chi connectivity index (χ2n) is 7.87. The Hall–Kier alpha value is -1.36. The summed E-state index contributed by atoms with van der Waals surface area (Å²) in [6, 6.07) is 0.190. The maximum Gasteiger partial charge on any atom is 0.232 e. The molecule has 0 radical (unpaired) electrons. The predicted molar refractivity (Wildman–Crippen MR) is 103 cm³/mol. The van der Waals surface area contributed by atoms with Gasteiger partial charge in [0.25, 0.3) is 0 Å². The summed E-state index contributed by atoms with van der Waals surface area (Å²) in [5, 5.41) is 0. The highest BCUT2D eigenvalue weighted by Gasteiger charge is 2.42. The van der Waals surface area contributed by atoms with Gasteiger partial charge in [0.05, 0.1) is 11.9 Å². The second kappa shape index (κ2) is 6.75. The normalized spacial score (nSPS) is 35.6. The molecule has 2 aliphatic carbocycles. The number of hydrogen-bond acceptors (Lipinski definition) is 4. The van der Waals surface area contributed by atoms with Crippen LogP contribution >= 0.6 is 12.2 Å². The van der Waals surface area contributed by atoms with Crippen LogP contribution in [0.25, 0.3) is 0 Å². The molecule has 0 aromatic heterocycles. The van der Waals surface area contributed by atoms with Crippen LogP contribution in [0.1, 0.15) is 52.4 Å². The Bertz CT molecular complexity index is 721. The van der Waals surface area contributed by atoms with E-state index in [2.05, 4.69) is 18.0 Å². The van der Waals surface area contributed by atoms with Gasteiger partial charge in [0.15, 0.2) is 6.73 Å². The third-order valence-electron chi connectivity index (χ3n) is 6.31. The Morgan fingerprint density at radius 1 is 1.20 bits per heavy atom. The molecule has 0 bridgehead atoms. The lowest BCUT2D eigenvalue weighted by Crippen LogP contribution is -2.42. The van der Waals surface area contributed by atoms with Crippen molar-refractivity contribution in [3.8, 4) is 0 Å². The molecule has 0 N–H and O–H groups in total. The van der Waals surface area contributed by atoms with Gasteiger partial charge in [-0.3, -0.25) is 0 Å². The van der Waals surface area contributed by atoms with Gasteiger partial charge in [-0.15, -0.1) is 0 Å². The van der Waals surface area contributed by atoms with Crippen molar-refractivity contribution in [1.82, 2.24) is 0 Å². The monoisotopic (exact) mass is 360 g/mol. The molecular weight excluding hydrogens is 335 g/mol. The minimum absolute atomic E-state index is 0.0769. The first kappa shape index (κ1) is 17.1. The molecule has 0 amide bonds. The minimum atomic E-state index is 0.0769. The van der Waals surface area contributed by atoms with E-state index in [0.717, 1.165) is 54.2 Å². The fraction of sp³-hybridized carbons (Fsp3) is 0.650. The summed E-state index contributed by atoms with van der Waals surface area (Å²) >= 11 is 5.58. The number of ether oxygens (including phenoxy) is 1. The molecule has 4 aliphatic rings. The summed E-state index contributed by atoms with van der Waals surface area (Å²) in [6.45, 7) is 4.43. The van der Waals surface area contributed by atoms with Crippen molar-refractivity contribution in [2.45, 2.75) is 58.4 Å². The van der Waals surface area contributed by atoms with Crippen LogP contribution in [0.2, 0.25) is 0 Å². The lowest BCUT2D eigenvalue weighted by atomic mass is 9.68. The first-order chi connectivity index (χ1) is 12.0. The molecule has 0 spiro atoms. The van der Waals surface area contributed by atoms with Crippen LogP contribution in [0, 0.1) is 17.8 Å². The van der Waals surface area contributed by atoms with Crippen molar-refractivity contribution >= 4 is 28.7 Å². The zero-order valence-electron chi connectivity index (χ0n) is 14.9. The number of thiocarbonyl (C=S) groups is 1. The minimum Gasteiger partial charge on any atom is -0.453 e. The van der Waals surface area contributed by atoms with E-state index in [-0.39, 0.29) is 11.9 Å². The molecule has 4 unspecified atom stereocenters. The molecule has 134 valence electrons. The van der Waals surface area contributed by atoms with E-state index < -0.39 is 0 Å². The van der Waals surface area contributed by atoms with E-state index in [1.54, 1.807) is 0 Å². The van der Waals surface area contributed by atoms with Crippen molar-refractivity contribution in [1.29, 1.82) is 0 Å². The van der Waals surface area contributed by atoms with E-state index in [1.165, 1.54) is 5.57 Å².